The van der Waals surface area contributed by atoms with Crippen molar-refractivity contribution in [2.75, 3.05) is 18.1 Å². The van der Waals surface area contributed by atoms with Crippen molar-refractivity contribution in [1.82, 2.24) is 4.98 Å². The van der Waals surface area contributed by atoms with E-state index in [1.807, 2.05) is 11.8 Å². The molecular formula is C14H15N3O2S. The third kappa shape index (κ3) is 2.31. The molecule has 1 N–H and O–H groups in total. The lowest BCUT2D eigenvalue weighted by molar-refractivity contribution is -0.383. The van der Waals surface area contributed by atoms with Crippen LogP contribution in [0.1, 0.15) is 12.8 Å². The highest BCUT2D eigenvalue weighted by Gasteiger charge is 2.41. The minimum Gasteiger partial charge on any atom is -0.382 e. The summed E-state index contributed by atoms with van der Waals surface area (Å²) in [7, 11) is 0. The molecule has 0 saturated heterocycles. The second kappa shape index (κ2) is 4.94. The van der Waals surface area contributed by atoms with Crippen LogP contribution in [-0.4, -0.2) is 27.5 Å². The van der Waals surface area contributed by atoms with Gasteiger partial charge in [-0.2, -0.15) is 11.8 Å². The summed E-state index contributed by atoms with van der Waals surface area (Å²) >= 11 is 1.88. The molecule has 1 aromatic carbocycles. The van der Waals surface area contributed by atoms with Gasteiger partial charge in [-0.05, 0) is 37.3 Å². The minimum atomic E-state index is -0.363. The molecule has 1 aromatic heterocycles. The van der Waals surface area contributed by atoms with Crippen LogP contribution in [0.2, 0.25) is 0 Å². The molecule has 0 spiro atoms. The Morgan fingerprint density at radius 2 is 2.25 bits per heavy atom. The van der Waals surface area contributed by atoms with Crippen LogP contribution in [0.4, 0.5) is 11.4 Å². The number of hydrogen-bond acceptors (Lipinski definition) is 5. The number of aromatic nitrogens is 1. The van der Waals surface area contributed by atoms with Gasteiger partial charge in [0.05, 0.1) is 16.0 Å². The number of fused-ring (bicyclic) bond motifs is 1. The Balaban J connectivity index is 1.96. The Hall–Kier alpha value is -1.82. The fraction of sp³-hybridized carbons (Fsp3) is 0.357. The summed E-state index contributed by atoms with van der Waals surface area (Å²) in [4.78, 5) is 15.0. The van der Waals surface area contributed by atoms with Crippen molar-refractivity contribution in [3.05, 3.63) is 40.6 Å². The number of thioether (sulfide) groups is 1. The van der Waals surface area contributed by atoms with Gasteiger partial charge in [-0.15, -0.1) is 0 Å². The number of benzene rings is 1. The molecule has 1 aliphatic carbocycles. The van der Waals surface area contributed by atoms with E-state index in [1.165, 1.54) is 12.8 Å². The fourth-order valence-electron chi connectivity index (χ4n) is 2.31. The molecule has 0 radical (unpaired) electrons. The van der Waals surface area contributed by atoms with E-state index >= 15 is 0 Å². The molecule has 104 valence electrons. The van der Waals surface area contributed by atoms with E-state index in [4.69, 9.17) is 0 Å². The molecule has 1 aliphatic rings. The second-order valence-electron chi connectivity index (χ2n) is 5.03. The standard InChI is InChI=1S/C14H15N3O2S/c1-20-14(6-7-14)9-16-11-4-5-12(17(18)19)10-3-2-8-15-13(10)11/h2-5,8,16H,6-7,9H2,1H3. The second-order valence-corrected chi connectivity index (χ2v) is 6.30. The quantitative estimate of drug-likeness (QED) is 0.674. The van der Waals surface area contributed by atoms with Crippen LogP contribution in [-0.2, 0) is 0 Å². The summed E-state index contributed by atoms with van der Waals surface area (Å²) in [5, 5.41) is 15.0. The molecular weight excluding hydrogens is 274 g/mol. The lowest BCUT2D eigenvalue weighted by Crippen LogP contribution is -2.17. The Bertz CT molecular complexity index is 671. The molecule has 5 nitrogen and oxygen atoms in total. The van der Waals surface area contributed by atoms with Crippen molar-refractivity contribution in [3.8, 4) is 0 Å². The molecule has 20 heavy (non-hydrogen) atoms. The number of nitrogens with zero attached hydrogens (tertiary/aromatic N) is 2. The average Bonchev–Trinajstić information content (AvgIpc) is 3.25. The van der Waals surface area contributed by atoms with Gasteiger partial charge in [-0.3, -0.25) is 15.1 Å². The van der Waals surface area contributed by atoms with E-state index in [2.05, 4.69) is 16.6 Å². The van der Waals surface area contributed by atoms with E-state index in [0.717, 1.165) is 12.2 Å². The van der Waals surface area contributed by atoms with Crippen LogP contribution in [0.25, 0.3) is 10.9 Å². The Morgan fingerprint density at radius 1 is 1.45 bits per heavy atom. The van der Waals surface area contributed by atoms with Gasteiger partial charge in [-0.25, -0.2) is 0 Å². The van der Waals surface area contributed by atoms with Gasteiger partial charge in [0.1, 0.15) is 5.52 Å². The summed E-state index contributed by atoms with van der Waals surface area (Å²) in [6.07, 6.45) is 6.23. The first kappa shape index (κ1) is 13.2. The lowest BCUT2D eigenvalue weighted by atomic mass is 10.1. The zero-order valence-electron chi connectivity index (χ0n) is 11.1. The number of pyridine rings is 1. The Kier molecular flexibility index (Phi) is 3.25. The SMILES string of the molecule is CSC1(CNc2ccc([N+](=O)[O-])c3cccnc23)CC1. The van der Waals surface area contributed by atoms with Crippen LogP contribution in [0.3, 0.4) is 0 Å². The van der Waals surface area contributed by atoms with E-state index in [9.17, 15) is 10.1 Å². The van der Waals surface area contributed by atoms with Gasteiger partial charge in [0.2, 0.25) is 0 Å². The maximum absolute atomic E-state index is 11.1. The zero-order valence-corrected chi connectivity index (χ0v) is 11.9. The van der Waals surface area contributed by atoms with Crippen LogP contribution in [0.15, 0.2) is 30.5 Å². The maximum atomic E-state index is 11.1. The first-order valence-corrected chi connectivity index (χ1v) is 7.69. The Labute approximate surface area is 120 Å². The summed E-state index contributed by atoms with van der Waals surface area (Å²) in [5.74, 6) is 0. The third-order valence-corrected chi connectivity index (χ3v) is 5.20. The summed E-state index contributed by atoms with van der Waals surface area (Å²) in [6, 6.07) is 6.77. The molecule has 0 amide bonds. The third-order valence-electron chi connectivity index (χ3n) is 3.79. The lowest BCUT2D eigenvalue weighted by Gasteiger charge is -2.15. The van der Waals surface area contributed by atoms with Crippen molar-refractivity contribution < 1.29 is 4.92 Å². The first-order valence-electron chi connectivity index (χ1n) is 6.46. The van der Waals surface area contributed by atoms with Crippen molar-refractivity contribution in [1.29, 1.82) is 0 Å². The molecule has 1 heterocycles. The predicted octanol–water partition coefficient (Wildman–Crippen LogP) is 3.45. The van der Waals surface area contributed by atoms with Crippen molar-refractivity contribution in [2.24, 2.45) is 0 Å². The molecule has 2 aromatic rings. The molecule has 0 aliphatic heterocycles. The fourth-order valence-corrected chi connectivity index (χ4v) is 3.04. The van der Waals surface area contributed by atoms with Crippen LogP contribution in [0.5, 0.6) is 0 Å². The van der Waals surface area contributed by atoms with E-state index in [-0.39, 0.29) is 10.6 Å². The van der Waals surface area contributed by atoms with E-state index in [1.54, 1.807) is 30.5 Å². The van der Waals surface area contributed by atoms with Crippen LogP contribution in [0, 0.1) is 10.1 Å². The number of nitro benzene ring substituents is 1. The molecule has 3 rings (SSSR count). The monoisotopic (exact) mass is 289 g/mol. The summed E-state index contributed by atoms with van der Waals surface area (Å²) < 4.78 is 0.336. The molecule has 0 unspecified atom stereocenters. The minimum absolute atomic E-state index is 0.102. The largest absolute Gasteiger partial charge is 0.382 e. The molecule has 6 heteroatoms. The number of nitrogens with one attached hydrogen (secondary N) is 1. The van der Waals surface area contributed by atoms with Crippen LogP contribution >= 0.6 is 11.8 Å². The summed E-state index contributed by atoms with van der Waals surface area (Å²) in [6.45, 7) is 0.873. The molecule has 0 bridgehead atoms. The highest BCUT2D eigenvalue weighted by atomic mass is 32.2. The van der Waals surface area contributed by atoms with Crippen molar-refractivity contribution >= 4 is 34.0 Å². The number of rotatable bonds is 5. The van der Waals surface area contributed by atoms with Gasteiger partial charge >= 0.3 is 0 Å². The molecule has 0 atom stereocenters. The highest BCUT2D eigenvalue weighted by Crippen LogP contribution is 2.47. The summed E-state index contributed by atoms with van der Waals surface area (Å²) in [5.41, 5.74) is 1.63. The van der Waals surface area contributed by atoms with Crippen LogP contribution < -0.4 is 5.32 Å². The van der Waals surface area contributed by atoms with Gasteiger partial charge in [0, 0.05) is 23.6 Å². The van der Waals surface area contributed by atoms with Gasteiger partial charge < -0.3 is 5.32 Å². The van der Waals surface area contributed by atoms with E-state index < -0.39 is 0 Å². The van der Waals surface area contributed by atoms with Gasteiger partial charge in [-0.1, -0.05) is 0 Å². The zero-order chi connectivity index (χ0) is 14.2. The molecule has 1 fully saturated rings. The average molecular weight is 289 g/mol. The number of anilines is 1. The number of non-ortho nitro benzene ring substituents is 1. The van der Waals surface area contributed by atoms with Crippen molar-refractivity contribution in [3.63, 3.8) is 0 Å². The smallest absolute Gasteiger partial charge is 0.278 e. The predicted molar refractivity (Wildman–Crippen MR) is 82.4 cm³/mol. The maximum Gasteiger partial charge on any atom is 0.278 e. The highest BCUT2D eigenvalue weighted by molar-refractivity contribution is 8.00. The Morgan fingerprint density at radius 3 is 2.90 bits per heavy atom. The first-order chi connectivity index (χ1) is 9.65. The van der Waals surface area contributed by atoms with Gasteiger partial charge in [0.15, 0.2) is 0 Å². The topological polar surface area (TPSA) is 68.1 Å². The van der Waals surface area contributed by atoms with Gasteiger partial charge in [0.25, 0.3) is 5.69 Å². The molecule has 1 saturated carbocycles. The normalized spacial score (nSPS) is 16.1. The number of hydrogen-bond donors (Lipinski definition) is 1. The van der Waals surface area contributed by atoms with E-state index in [0.29, 0.717) is 15.6 Å². The van der Waals surface area contributed by atoms with Crippen molar-refractivity contribution in [2.45, 2.75) is 17.6 Å². The number of nitro groups is 1.